The molecule has 2 unspecified atom stereocenters. The minimum atomic E-state index is -0.104. The molecule has 0 N–H and O–H groups in total. The van der Waals surface area contributed by atoms with Crippen LogP contribution in [0.5, 0.6) is 0 Å². The van der Waals surface area contributed by atoms with Crippen LogP contribution in [0.15, 0.2) is 106 Å². The Bertz CT molecular complexity index is 3250. The van der Waals surface area contributed by atoms with Gasteiger partial charge in [-0.3, -0.25) is 0 Å². The van der Waals surface area contributed by atoms with Crippen LogP contribution < -0.4 is 20.6 Å². The molecule has 5 heterocycles. The molecule has 0 saturated heterocycles. The number of nitrogens with zero attached hydrogens (tertiary/aromatic N) is 2. The number of anilines is 4. The van der Waals surface area contributed by atoms with Gasteiger partial charge in [-0.1, -0.05) is 117 Å². The summed E-state index contributed by atoms with van der Waals surface area (Å²) >= 11 is 0. The third-order valence-corrected chi connectivity index (χ3v) is 17.0. The van der Waals surface area contributed by atoms with Gasteiger partial charge in [-0.2, -0.15) is 0 Å². The minimum Gasteiger partial charge on any atom is -0.455 e. The monoisotopic (exact) mass is 798 g/mol. The van der Waals surface area contributed by atoms with Crippen molar-refractivity contribution in [3.05, 3.63) is 119 Å². The van der Waals surface area contributed by atoms with E-state index in [1.54, 1.807) is 0 Å². The van der Waals surface area contributed by atoms with E-state index in [1.165, 1.54) is 103 Å². The zero-order valence-electron chi connectivity index (χ0n) is 37.3. The van der Waals surface area contributed by atoms with Gasteiger partial charge < -0.3 is 18.5 Å². The van der Waals surface area contributed by atoms with E-state index in [1.807, 2.05) is 0 Å². The lowest BCUT2D eigenvalue weighted by Crippen LogP contribution is -2.64. The first-order valence-corrected chi connectivity index (χ1v) is 23.0. The average molecular weight is 799 g/mol. The standard InChI is InChI=1S/C56H55BN2O2/c1-52(2,3)32-27-40-49-41(28-32)57-48-43(58(49)56(9)24-16-15-23-55(40,56)8)30-37-34-19-13-14-20-44(34)60-51(37)47(48)46-42(59(57)33-17-11-10-12-18-33)22-21-35-36-29-38-39(31-45(36)61-50(35)46)54(6,7)26-25-53(38,4)5/h10-14,17-22,27-31H,15-16,23-26H2,1-9H3. The minimum absolute atomic E-state index is 0.0124. The molecule has 8 aromatic rings. The van der Waals surface area contributed by atoms with Crippen LogP contribution in [0.25, 0.3) is 55.0 Å². The summed E-state index contributed by atoms with van der Waals surface area (Å²) in [6.45, 7) is 21.9. The van der Waals surface area contributed by atoms with Gasteiger partial charge in [-0.15, -0.1) is 0 Å². The smallest absolute Gasteiger partial charge is 0.333 e. The Morgan fingerprint density at radius 1 is 0.574 bits per heavy atom. The number of hydrogen-bond acceptors (Lipinski definition) is 4. The lowest BCUT2D eigenvalue weighted by molar-refractivity contribution is 0.195. The van der Waals surface area contributed by atoms with Crippen molar-refractivity contribution in [2.45, 2.75) is 128 Å². The predicted octanol–water partition coefficient (Wildman–Crippen LogP) is 14.1. The van der Waals surface area contributed by atoms with Gasteiger partial charge in [-0.25, -0.2) is 0 Å². The Labute approximate surface area is 360 Å². The van der Waals surface area contributed by atoms with Crippen LogP contribution >= 0.6 is 0 Å². The Kier molecular flexibility index (Phi) is 6.74. The second kappa shape index (κ2) is 11.3. The third-order valence-electron chi connectivity index (χ3n) is 17.0. The van der Waals surface area contributed by atoms with Crippen molar-refractivity contribution in [1.29, 1.82) is 0 Å². The van der Waals surface area contributed by atoms with Crippen LogP contribution in [0.4, 0.5) is 22.7 Å². The molecule has 5 aliphatic rings. The highest BCUT2D eigenvalue weighted by Gasteiger charge is 2.62. The molecular weight excluding hydrogens is 743 g/mol. The van der Waals surface area contributed by atoms with Gasteiger partial charge in [-0.05, 0) is 131 Å². The molecule has 13 rings (SSSR count). The normalized spacial score (nSPS) is 23.1. The van der Waals surface area contributed by atoms with Crippen molar-refractivity contribution in [1.82, 2.24) is 0 Å². The molecular formula is C56H55BN2O2. The molecule has 0 bridgehead atoms. The quantitative estimate of drug-likeness (QED) is 0.155. The van der Waals surface area contributed by atoms with Crippen molar-refractivity contribution >= 4 is 84.4 Å². The highest BCUT2D eigenvalue weighted by Crippen LogP contribution is 2.63. The molecule has 304 valence electrons. The van der Waals surface area contributed by atoms with E-state index in [4.69, 9.17) is 8.83 Å². The molecule has 2 aliphatic carbocycles. The maximum atomic E-state index is 7.41. The van der Waals surface area contributed by atoms with E-state index >= 15 is 0 Å². The number of rotatable bonds is 1. The summed E-state index contributed by atoms with van der Waals surface area (Å²) in [7, 11) is 0. The lowest BCUT2D eigenvalue weighted by Gasteiger charge is -2.53. The van der Waals surface area contributed by atoms with E-state index in [9.17, 15) is 0 Å². The summed E-state index contributed by atoms with van der Waals surface area (Å²) in [5.41, 5.74) is 19.8. The Morgan fingerprint density at radius 2 is 1.26 bits per heavy atom. The number of furan rings is 2. The fourth-order valence-corrected chi connectivity index (χ4v) is 13.2. The van der Waals surface area contributed by atoms with Crippen LogP contribution in [0.1, 0.15) is 123 Å². The maximum absolute atomic E-state index is 7.41. The zero-order valence-corrected chi connectivity index (χ0v) is 37.3. The summed E-state index contributed by atoms with van der Waals surface area (Å²) in [6, 6.07) is 37.2. The first-order chi connectivity index (χ1) is 29.1. The van der Waals surface area contributed by atoms with E-state index < -0.39 is 0 Å². The topological polar surface area (TPSA) is 32.8 Å². The Hall–Kier alpha value is -5.42. The van der Waals surface area contributed by atoms with E-state index in [0.717, 1.165) is 46.4 Å². The van der Waals surface area contributed by atoms with Crippen molar-refractivity contribution in [2.24, 2.45) is 0 Å². The first-order valence-electron chi connectivity index (χ1n) is 23.0. The fourth-order valence-electron chi connectivity index (χ4n) is 13.2. The molecule has 2 atom stereocenters. The Balaban J connectivity index is 1.23. The second-order valence-corrected chi connectivity index (χ2v) is 22.2. The van der Waals surface area contributed by atoms with Crippen LogP contribution in [0.3, 0.4) is 0 Å². The summed E-state index contributed by atoms with van der Waals surface area (Å²) in [5.74, 6) is 0. The molecule has 2 aromatic heterocycles. The molecule has 0 spiro atoms. The highest BCUT2D eigenvalue weighted by molar-refractivity contribution is 6.94. The Morgan fingerprint density at radius 3 is 2.03 bits per heavy atom. The predicted molar refractivity (Wildman–Crippen MR) is 257 cm³/mol. The average Bonchev–Trinajstić information content (AvgIpc) is 3.86. The van der Waals surface area contributed by atoms with Crippen molar-refractivity contribution in [3.8, 4) is 11.1 Å². The molecule has 1 saturated carbocycles. The van der Waals surface area contributed by atoms with Gasteiger partial charge in [0.05, 0.1) is 11.1 Å². The molecule has 3 aliphatic heterocycles. The van der Waals surface area contributed by atoms with Crippen LogP contribution in [-0.2, 0) is 21.7 Å². The number of fused-ring (bicyclic) bond motifs is 16. The highest BCUT2D eigenvalue weighted by atomic mass is 16.3. The van der Waals surface area contributed by atoms with E-state index in [0.29, 0.717) is 0 Å². The molecule has 0 radical (unpaired) electrons. The maximum Gasteiger partial charge on any atom is 0.333 e. The van der Waals surface area contributed by atoms with Gasteiger partial charge in [0.25, 0.3) is 0 Å². The van der Waals surface area contributed by atoms with Crippen molar-refractivity contribution < 1.29 is 8.83 Å². The second-order valence-electron chi connectivity index (χ2n) is 22.2. The van der Waals surface area contributed by atoms with Crippen LogP contribution in [0.2, 0.25) is 0 Å². The summed E-state index contributed by atoms with van der Waals surface area (Å²) < 4.78 is 14.6. The molecule has 1 fully saturated rings. The van der Waals surface area contributed by atoms with E-state index in [2.05, 4.69) is 169 Å². The van der Waals surface area contributed by atoms with Crippen LogP contribution in [0, 0.1) is 0 Å². The van der Waals surface area contributed by atoms with Crippen LogP contribution in [-0.4, -0.2) is 12.4 Å². The number of benzene rings is 6. The zero-order chi connectivity index (χ0) is 41.7. The molecule has 5 heteroatoms. The van der Waals surface area contributed by atoms with Gasteiger partial charge in [0, 0.05) is 55.3 Å². The van der Waals surface area contributed by atoms with Gasteiger partial charge in [0.2, 0.25) is 0 Å². The first kappa shape index (κ1) is 36.3. The lowest BCUT2D eigenvalue weighted by atomic mass is 9.43. The van der Waals surface area contributed by atoms with Crippen molar-refractivity contribution in [2.75, 3.05) is 9.71 Å². The molecule has 61 heavy (non-hydrogen) atoms. The third kappa shape index (κ3) is 4.38. The summed E-state index contributed by atoms with van der Waals surface area (Å²) in [4.78, 5) is 5.51. The van der Waals surface area contributed by atoms with Gasteiger partial charge in [0.1, 0.15) is 22.3 Å². The molecule has 4 nitrogen and oxygen atoms in total. The van der Waals surface area contributed by atoms with Gasteiger partial charge >= 0.3 is 6.85 Å². The largest absolute Gasteiger partial charge is 0.455 e. The molecule has 6 aromatic carbocycles. The fraction of sp³-hybridized carbons (Fsp3) is 0.357. The number of hydrogen-bond donors (Lipinski definition) is 0. The van der Waals surface area contributed by atoms with E-state index in [-0.39, 0.29) is 34.0 Å². The molecule has 0 amide bonds. The number of para-hydroxylation sites is 2. The SMILES string of the molecule is CC(C)(C)c1cc2c3c(c1)C1(C)CCCCC1(C)N3c1cc3c(oc4ccccc43)c3c1B2N(c1ccccc1)c1ccc2c(oc4cc5c(cc42)C(C)(C)CCC5(C)C)c1-3. The van der Waals surface area contributed by atoms with Crippen molar-refractivity contribution in [3.63, 3.8) is 0 Å². The van der Waals surface area contributed by atoms with Gasteiger partial charge in [0.15, 0.2) is 0 Å². The summed E-state index contributed by atoms with van der Waals surface area (Å²) in [5, 5.41) is 4.72. The summed E-state index contributed by atoms with van der Waals surface area (Å²) in [6.07, 6.45) is 7.16.